The summed E-state index contributed by atoms with van der Waals surface area (Å²) in [5, 5.41) is 17.7. The van der Waals surface area contributed by atoms with Gasteiger partial charge in [-0.25, -0.2) is 9.78 Å². The van der Waals surface area contributed by atoms with E-state index in [1.807, 2.05) is 42.6 Å². The highest BCUT2D eigenvalue weighted by atomic mass is 32.1. The summed E-state index contributed by atoms with van der Waals surface area (Å²) < 4.78 is 0. The van der Waals surface area contributed by atoms with Gasteiger partial charge in [0.25, 0.3) is 0 Å². The number of nitrogens with one attached hydrogen (secondary N) is 2. The highest BCUT2D eigenvalue weighted by Crippen LogP contribution is 2.31. The van der Waals surface area contributed by atoms with Crippen LogP contribution in [-0.2, 0) is 6.42 Å². The first-order chi connectivity index (χ1) is 13.6. The van der Waals surface area contributed by atoms with E-state index < -0.39 is 0 Å². The van der Waals surface area contributed by atoms with Crippen LogP contribution in [0.5, 0.6) is 0 Å². The van der Waals surface area contributed by atoms with Crippen molar-refractivity contribution < 1.29 is 4.79 Å². The molecule has 1 unspecified atom stereocenters. The zero-order valence-electron chi connectivity index (χ0n) is 15.3. The van der Waals surface area contributed by atoms with Gasteiger partial charge in [0, 0.05) is 22.2 Å². The van der Waals surface area contributed by atoms with Gasteiger partial charge in [-0.1, -0.05) is 42.5 Å². The summed E-state index contributed by atoms with van der Waals surface area (Å²) in [6.07, 6.45) is 0.701. The molecular weight excluding hydrogens is 368 g/mol. The third kappa shape index (κ3) is 3.66. The van der Waals surface area contributed by atoms with Crippen molar-refractivity contribution in [1.29, 1.82) is 5.26 Å². The third-order valence-electron chi connectivity index (χ3n) is 4.69. The third-order valence-corrected chi connectivity index (χ3v) is 5.56. The van der Waals surface area contributed by atoms with Crippen molar-refractivity contribution in [3.8, 4) is 17.3 Å². The molecule has 1 aliphatic rings. The summed E-state index contributed by atoms with van der Waals surface area (Å²) in [7, 11) is 0. The molecule has 4 rings (SSSR count). The fourth-order valence-corrected chi connectivity index (χ4v) is 4.31. The van der Waals surface area contributed by atoms with Crippen molar-refractivity contribution in [2.24, 2.45) is 0 Å². The number of hydrogen-bond donors (Lipinski definition) is 2. The van der Waals surface area contributed by atoms with Gasteiger partial charge in [-0.15, -0.1) is 11.3 Å². The van der Waals surface area contributed by atoms with Crippen molar-refractivity contribution in [2.75, 3.05) is 0 Å². The van der Waals surface area contributed by atoms with Crippen LogP contribution in [0.1, 0.15) is 23.1 Å². The Balaban J connectivity index is 1.67. The van der Waals surface area contributed by atoms with E-state index in [-0.39, 0.29) is 12.1 Å². The first kappa shape index (κ1) is 18.0. The maximum Gasteiger partial charge on any atom is 0.319 e. The quantitative estimate of drug-likeness (QED) is 0.700. The van der Waals surface area contributed by atoms with E-state index in [9.17, 15) is 4.79 Å². The van der Waals surface area contributed by atoms with Crippen LogP contribution in [0, 0.1) is 11.3 Å². The Labute approximate surface area is 167 Å². The van der Waals surface area contributed by atoms with Crippen molar-refractivity contribution in [1.82, 2.24) is 15.6 Å². The van der Waals surface area contributed by atoms with Crippen molar-refractivity contribution in [2.45, 2.75) is 19.4 Å². The van der Waals surface area contributed by atoms with Gasteiger partial charge in [0.2, 0.25) is 0 Å². The van der Waals surface area contributed by atoms with Gasteiger partial charge < -0.3 is 10.6 Å². The molecule has 0 radical (unpaired) electrons. The van der Waals surface area contributed by atoms with E-state index in [1.165, 1.54) is 0 Å². The van der Waals surface area contributed by atoms with Crippen LogP contribution in [0.25, 0.3) is 16.8 Å². The van der Waals surface area contributed by atoms with E-state index in [4.69, 9.17) is 10.2 Å². The maximum absolute atomic E-state index is 12.0. The Kier molecular flexibility index (Phi) is 4.92. The van der Waals surface area contributed by atoms with E-state index in [0.717, 1.165) is 33.1 Å². The Hall–Kier alpha value is -3.43. The van der Waals surface area contributed by atoms with Gasteiger partial charge in [0.1, 0.15) is 5.01 Å². The minimum Gasteiger partial charge on any atom is -0.331 e. The molecule has 138 valence electrons. The number of benzene rings is 2. The van der Waals surface area contributed by atoms with Gasteiger partial charge in [0.05, 0.1) is 23.4 Å². The van der Waals surface area contributed by atoms with Crippen molar-refractivity contribution in [3.63, 3.8) is 0 Å². The standard InChI is InChI=1S/C22H18N4OS/c1-14-20(18(26-22(27)24-14)11-15-5-3-2-4-6-15)21-25-19(13-28-21)17-9-7-16(12-23)8-10-17/h2-10,13,18H,11H2,1H3,(H2,24,26,27). The molecule has 2 amide bonds. The van der Waals surface area contributed by atoms with Gasteiger partial charge in [-0.3, -0.25) is 0 Å². The Morgan fingerprint density at radius 1 is 1.14 bits per heavy atom. The molecule has 28 heavy (non-hydrogen) atoms. The number of amides is 2. The minimum atomic E-state index is -0.189. The molecule has 2 N–H and O–H groups in total. The number of hydrogen-bond acceptors (Lipinski definition) is 4. The number of nitrogens with zero attached hydrogens (tertiary/aromatic N) is 2. The molecule has 1 aromatic heterocycles. The normalized spacial score (nSPS) is 16.3. The highest BCUT2D eigenvalue weighted by molar-refractivity contribution is 7.11. The van der Waals surface area contributed by atoms with E-state index in [1.54, 1.807) is 23.5 Å². The number of aromatic nitrogens is 1. The number of rotatable bonds is 4. The number of nitriles is 1. The largest absolute Gasteiger partial charge is 0.331 e. The zero-order valence-corrected chi connectivity index (χ0v) is 16.1. The van der Waals surface area contributed by atoms with Crippen LogP contribution in [0.3, 0.4) is 0 Å². The Morgan fingerprint density at radius 2 is 1.89 bits per heavy atom. The van der Waals surface area contributed by atoms with Gasteiger partial charge in [-0.05, 0) is 31.0 Å². The molecule has 5 nitrogen and oxygen atoms in total. The zero-order chi connectivity index (χ0) is 19.5. The average Bonchev–Trinajstić information content (AvgIpc) is 3.18. The lowest BCUT2D eigenvalue weighted by molar-refractivity contribution is 0.240. The Bertz CT molecular complexity index is 1080. The molecule has 0 aliphatic carbocycles. The summed E-state index contributed by atoms with van der Waals surface area (Å²) in [5.41, 5.74) is 5.44. The number of urea groups is 1. The molecule has 1 atom stereocenters. The summed E-state index contributed by atoms with van der Waals surface area (Å²) in [6.45, 7) is 1.91. The SMILES string of the molecule is CC1=C(c2nc(-c3ccc(C#N)cc3)cs2)C(Cc2ccccc2)NC(=O)N1. The molecule has 0 saturated heterocycles. The molecule has 1 aliphatic heterocycles. The van der Waals surface area contributed by atoms with E-state index >= 15 is 0 Å². The minimum absolute atomic E-state index is 0.142. The molecule has 6 heteroatoms. The number of carbonyl (C=O) groups excluding carboxylic acids is 1. The van der Waals surface area contributed by atoms with Crippen LogP contribution in [0.4, 0.5) is 4.79 Å². The van der Waals surface area contributed by atoms with Crippen molar-refractivity contribution >= 4 is 22.9 Å². The van der Waals surface area contributed by atoms with Gasteiger partial charge in [-0.2, -0.15) is 5.26 Å². The van der Waals surface area contributed by atoms with Crippen molar-refractivity contribution in [3.05, 3.63) is 81.8 Å². The highest BCUT2D eigenvalue weighted by Gasteiger charge is 2.28. The van der Waals surface area contributed by atoms with Crippen LogP contribution in [0.15, 0.2) is 65.7 Å². The monoisotopic (exact) mass is 386 g/mol. The van der Waals surface area contributed by atoms with Crippen LogP contribution < -0.4 is 10.6 Å². The van der Waals surface area contributed by atoms with Crippen LogP contribution >= 0.6 is 11.3 Å². The average molecular weight is 386 g/mol. The predicted molar refractivity (Wildman–Crippen MR) is 110 cm³/mol. The Morgan fingerprint density at radius 3 is 2.61 bits per heavy atom. The lowest BCUT2D eigenvalue weighted by atomic mass is 9.96. The molecule has 0 spiro atoms. The smallest absolute Gasteiger partial charge is 0.319 e. The summed E-state index contributed by atoms with van der Waals surface area (Å²) in [6, 6.07) is 19.3. The number of allylic oxidation sites excluding steroid dienone is 1. The van der Waals surface area contributed by atoms with Crippen LogP contribution in [0.2, 0.25) is 0 Å². The fourth-order valence-electron chi connectivity index (χ4n) is 3.32. The molecular formula is C22H18N4OS. The first-order valence-corrected chi connectivity index (χ1v) is 9.80. The fraction of sp³-hybridized carbons (Fsp3) is 0.136. The second-order valence-corrected chi connectivity index (χ2v) is 7.46. The lowest BCUT2D eigenvalue weighted by Crippen LogP contribution is -2.48. The molecule has 0 fully saturated rings. The van der Waals surface area contributed by atoms with Crippen LogP contribution in [-0.4, -0.2) is 17.1 Å². The molecule has 2 aromatic carbocycles. The summed E-state index contributed by atoms with van der Waals surface area (Å²) >= 11 is 1.55. The lowest BCUT2D eigenvalue weighted by Gasteiger charge is -2.28. The van der Waals surface area contributed by atoms with Gasteiger partial charge in [0.15, 0.2) is 0 Å². The second-order valence-electron chi connectivity index (χ2n) is 6.61. The molecule has 2 heterocycles. The molecule has 0 saturated carbocycles. The summed E-state index contributed by atoms with van der Waals surface area (Å²) in [4.78, 5) is 16.9. The molecule has 3 aromatic rings. The predicted octanol–water partition coefficient (Wildman–Crippen LogP) is 4.34. The number of thiazole rings is 1. The first-order valence-electron chi connectivity index (χ1n) is 8.92. The summed E-state index contributed by atoms with van der Waals surface area (Å²) in [5.74, 6) is 0. The van der Waals surface area contributed by atoms with Gasteiger partial charge >= 0.3 is 6.03 Å². The molecule has 0 bridgehead atoms. The number of carbonyl (C=O) groups is 1. The van der Waals surface area contributed by atoms with E-state index in [2.05, 4.69) is 28.8 Å². The second kappa shape index (κ2) is 7.67. The topological polar surface area (TPSA) is 77.8 Å². The maximum atomic E-state index is 12.0. The van der Waals surface area contributed by atoms with E-state index in [0.29, 0.717) is 12.0 Å².